The predicted molar refractivity (Wildman–Crippen MR) is 117 cm³/mol. The van der Waals surface area contributed by atoms with Crippen LogP contribution in [0.2, 0.25) is 0 Å². The fourth-order valence-corrected chi connectivity index (χ4v) is 5.24. The molecular formula is C25H25NO5. The zero-order valence-corrected chi connectivity index (χ0v) is 17.5. The van der Waals surface area contributed by atoms with Crippen LogP contribution in [0.15, 0.2) is 42.5 Å². The van der Waals surface area contributed by atoms with Crippen LogP contribution in [0.4, 0.5) is 0 Å². The van der Waals surface area contributed by atoms with Crippen molar-refractivity contribution < 1.29 is 24.2 Å². The van der Waals surface area contributed by atoms with Crippen LogP contribution < -0.4 is 4.74 Å². The van der Waals surface area contributed by atoms with Gasteiger partial charge in [0.25, 0.3) is 0 Å². The fraction of sp³-hybridized carbons (Fsp3) is 0.360. The number of methoxy groups -OCH3 is 1. The molecular weight excluding hydrogens is 394 g/mol. The van der Waals surface area contributed by atoms with E-state index in [2.05, 4.69) is 0 Å². The van der Waals surface area contributed by atoms with Gasteiger partial charge in [0.2, 0.25) is 0 Å². The summed E-state index contributed by atoms with van der Waals surface area (Å²) in [5.74, 6) is -0.671. The quantitative estimate of drug-likeness (QED) is 0.591. The maximum atomic E-state index is 12.4. The molecule has 1 fully saturated rings. The molecule has 5 rings (SSSR count). The topological polar surface area (TPSA) is 77.8 Å². The van der Waals surface area contributed by atoms with Crippen LogP contribution in [0.25, 0.3) is 22.2 Å². The first kappa shape index (κ1) is 19.7. The summed E-state index contributed by atoms with van der Waals surface area (Å²) in [7, 11) is 1.34. The number of carbonyl (C=O) groups excluding carboxylic acids is 1. The Kier molecular flexibility index (Phi) is 4.93. The van der Waals surface area contributed by atoms with Crippen molar-refractivity contribution in [3.8, 4) is 17.0 Å². The zero-order valence-electron chi connectivity index (χ0n) is 17.5. The molecule has 2 aromatic carbocycles. The van der Waals surface area contributed by atoms with E-state index >= 15 is 0 Å². The van der Waals surface area contributed by atoms with Gasteiger partial charge in [0.15, 0.2) is 11.8 Å². The van der Waals surface area contributed by atoms with Gasteiger partial charge in [-0.3, -0.25) is 0 Å². The summed E-state index contributed by atoms with van der Waals surface area (Å²) in [5.41, 5.74) is 4.10. The van der Waals surface area contributed by atoms with Crippen molar-refractivity contribution in [2.24, 2.45) is 0 Å². The molecule has 0 spiro atoms. The Morgan fingerprint density at radius 3 is 2.48 bits per heavy atom. The highest BCUT2D eigenvalue weighted by atomic mass is 16.5. The number of nitrogens with zero attached hydrogens (tertiary/aromatic N) is 1. The SMILES string of the molecule is COC(=O)c1ccc2c(C3CCCCC3)c(-c3ccccc3)n3c2c1OCC3C(=O)O. The Balaban J connectivity index is 1.90. The van der Waals surface area contributed by atoms with E-state index in [1.165, 1.54) is 19.1 Å². The van der Waals surface area contributed by atoms with Gasteiger partial charge in [0, 0.05) is 5.39 Å². The summed E-state index contributed by atoms with van der Waals surface area (Å²) in [6.45, 7) is -0.0376. The Morgan fingerprint density at radius 1 is 1.06 bits per heavy atom. The number of carbonyl (C=O) groups is 2. The van der Waals surface area contributed by atoms with Gasteiger partial charge in [-0.05, 0) is 36.0 Å². The van der Waals surface area contributed by atoms with E-state index < -0.39 is 18.0 Å². The Morgan fingerprint density at radius 2 is 1.81 bits per heavy atom. The molecule has 1 aliphatic carbocycles. The second-order valence-corrected chi connectivity index (χ2v) is 8.33. The molecule has 1 aromatic heterocycles. The largest absolute Gasteiger partial charge is 0.488 e. The second kappa shape index (κ2) is 7.76. The minimum absolute atomic E-state index is 0.0376. The molecule has 1 N–H and O–H groups in total. The summed E-state index contributed by atoms with van der Waals surface area (Å²) in [6, 6.07) is 12.8. The van der Waals surface area contributed by atoms with Gasteiger partial charge in [0.05, 0.1) is 18.3 Å². The number of aliphatic carboxylic acids is 1. The van der Waals surface area contributed by atoms with Crippen molar-refractivity contribution in [1.82, 2.24) is 4.57 Å². The summed E-state index contributed by atoms with van der Waals surface area (Å²) in [4.78, 5) is 24.7. The minimum Gasteiger partial charge on any atom is -0.488 e. The van der Waals surface area contributed by atoms with E-state index in [4.69, 9.17) is 9.47 Å². The van der Waals surface area contributed by atoms with Gasteiger partial charge in [-0.15, -0.1) is 0 Å². The van der Waals surface area contributed by atoms with E-state index in [1.807, 2.05) is 41.0 Å². The minimum atomic E-state index is -0.946. The maximum Gasteiger partial charge on any atom is 0.341 e. The van der Waals surface area contributed by atoms with Crippen molar-refractivity contribution in [2.75, 3.05) is 13.7 Å². The van der Waals surface area contributed by atoms with E-state index in [9.17, 15) is 14.7 Å². The molecule has 3 aromatic rings. The van der Waals surface area contributed by atoms with Crippen LogP contribution in [0.5, 0.6) is 5.75 Å². The summed E-state index contributed by atoms with van der Waals surface area (Å²) >= 11 is 0. The number of rotatable bonds is 4. The predicted octanol–water partition coefficient (Wildman–Crippen LogP) is 5.16. The first-order chi connectivity index (χ1) is 15.1. The van der Waals surface area contributed by atoms with Gasteiger partial charge in [-0.2, -0.15) is 0 Å². The molecule has 0 bridgehead atoms. The first-order valence-corrected chi connectivity index (χ1v) is 10.8. The van der Waals surface area contributed by atoms with Gasteiger partial charge < -0.3 is 19.1 Å². The van der Waals surface area contributed by atoms with Gasteiger partial charge in [-0.25, -0.2) is 9.59 Å². The molecule has 2 heterocycles. The number of carboxylic acids is 1. The maximum absolute atomic E-state index is 12.4. The van der Waals surface area contributed by atoms with E-state index in [-0.39, 0.29) is 6.61 Å². The average molecular weight is 419 g/mol. The normalized spacial score (nSPS) is 18.5. The van der Waals surface area contributed by atoms with E-state index in [1.54, 1.807) is 6.07 Å². The fourth-order valence-electron chi connectivity index (χ4n) is 5.24. The summed E-state index contributed by atoms with van der Waals surface area (Å²) in [6.07, 6.45) is 5.71. The molecule has 6 nitrogen and oxygen atoms in total. The molecule has 1 atom stereocenters. The lowest BCUT2D eigenvalue weighted by Crippen LogP contribution is -2.30. The highest BCUT2D eigenvalue weighted by Crippen LogP contribution is 2.49. The highest BCUT2D eigenvalue weighted by molar-refractivity contribution is 6.05. The molecule has 0 amide bonds. The third-order valence-electron chi connectivity index (χ3n) is 6.61. The standard InChI is InChI=1S/C25H25NO5/c1-30-25(29)18-13-12-17-20(15-8-4-2-5-9-15)21(16-10-6-3-7-11-16)26-19(24(27)28)14-31-23(18)22(17)26/h3,6-7,10-13,15,19H,2,4-5,8-9,14H2,1H3,(H,27,28). The molecule has 6 heteroatoms. The van der Waals surface area contributed by atoms with Crippen LogP contribution in [0.3, 0.4) is 0 Å². The van der Waals surface area contributed by atoms with Crippen molar-refractivity contribution in [3.63, 3.8) is 0 Å². The monoisotopic (exact) mass is 419 g/mol. The molecule has 2 aliphatic rings. The zero-order chi connectivity index (χ0) is 21.5. The van der Waals surface area contributed by atoms with Crippen molar-refractivity contribution in [2.45, 2.75) is 44.1 Å². The second-order valence-electron chi connectivity index (χ2n) is 8.33. The van der Waals surface area contributed by atoms with Gasteiger partial charge >= 0.3 is 11.9 Å². The van der Waals surface area contributed by atoms with Crippen molar-refractivity contribution in [1.29, 1.82) is 0 Å². The number of carboxylic acid groups (broad SMARTS) is 1. The van der Waals surface area contributed by atoms with Crippen LogP contribution >= 0.6 is 0 Å². The van der Waals surface area contributed by atoms with Crippen LogP contribution in [0, 0.1) is 0 Å². The Labute approximate surface area is 180 Å². The number of aromatic nitrogens is 1. The smallest absolute Gasteiger partial charge is 0.341 e. The Hall–Kier alpha value is -3.28. The van der Waals surface area contributed by atoms with Crippen LogP contribution in [-0.2, 0) is 9.53 Å². The van der Waals surface area contributed by atoms with Gasteiger partial charge in [0.1, 0.15) is 12.2 Å². The number of hydrogen-bond acceptors (Lipinski definition) is 4. The lowest BCUT2D eigenvalue weighted by molar-refractivity contribution is -0.141. The number of benzene rings is 2. The highest BCUT2D eigenvalue weighted by Gasteiger charge is 2.37. The Bertz CT molecular complexity index is 1160. The third-order valence-corrected chi connectivity index (χ3v) is 6.61. The third kappa shape index (κ3) is 3.09. The van der Waals surface area contributed by atoms with Crippen LogP contribution in [0.1, 0.15) is 60.0 Å². The molecule has 160 valence electrons. The van der Waals surface area contributed by atoms with Crippen LogP contribution in [-0.4, -0.2) is 35.3 Å². The molecule has 1 aliphatic heterocycles. The van der Waals surface area contributed by atoms with Gasteiger partial charge in [-0.1, -0.05) is 55.7 Å². The number of ether oxygens (including phenoxy) is 2. The van der Waals surface area contributed by atoms with E-state index in [0.717, 1.165) is 42.3 Å². The lowest BCUT2D eigenvalue weighted by Gasteiger charge is -2.27. The van der Waals surface area contributed by atoms with Crippen molar-refractivity contribution in [3.05, 3.63) is 53.6 Å². The van der Waals surface area contributed by atoms with E-state index in [0.29, 0.717) is 22.7 Å². The molecule has 31 heavy (non-hydrogen) atoms. The number of esters is 1. The summed E-state index contributed by atoms with van der Waals surface area (Å²) in [5, 5.41) is 11.0. The molecule has 1 saturated carbocycles. The average Bonchev–Trinajstić information content (AvgIpc) is 3.16. The first-order valence-electron chi connectivity index (χ1n) is 10.8. The molecule has 0 radical (unpaired) electrons. The number of hydrogen-bond donors (Lipinski definition) is 1. The molecule has 1 unspecified atom stereocenters. The summed E-state index contributed by atoms with van der Waals surface area (Å²) < 4.78 is 12.8. The lowest BCUT2D eigenvalue weighted by atomic mass is 9.81. The van der Waals surface area contributed by atoms with Crippen molar-refractivity contribution >= 4 is 22.8 Å². The molecule has 0 saturated heterocycles.